The molecular formula is C14H23NO4. The van der Waals surface area contributed by atoms with E-state index in [1.807, 2.05) is 12.1 Å². The standard InChI is InChI=1S/C14H23NO4/c1-4-5-18-6-7-19-14-12(16-2)8-11(10-15)9-13(14)17-3/h8-9H,4-7,10,15H2,1-3H3. The van der Waals surface area contributed by atoms with Gasteiger partial charge in [-0.3, -0.25) is 0 Å². The normalized spacial score (nSPS) is 10.3. The van der Waals surface area contributed by atoms with Gasteiger partial charge in [0.2, 0.25) is 5.75 Å². The van der Waals surface area contributed by atoms with Gasteiger partial charge in [-0.1, -0.05) is 6.92 Å². The maximum atomic E-state index is 5.68. The van der Waals surface area contributed by atoms with Gasteiger partial charge in [-0.15, -0.1) is 0 Å². The summed E-state index contributed by atoms with van der Waals surface area (Å²) in [4.78, 5) is 0. The number of nitrogens with two attached hydrogens (primary N) is 1. The van der Waals surface area contributed by atoms with Crippen LogP contribution in [-0.4, -0.2) is 34.0 Å². The first-order valence-electron chi connectivity index (χ1n) is 6.42. The summed E-state index contributed by atoms with van der Waals surface area (Å²) in [5, 5.41) is 0. The summed E-state index contributed by atoms with van der Waals surface area (Å²) in [7, 11) is 3.19. The average molecular weight is 269 g/mol. The molecule has 0 aliphatic heterocycles. The van der Waals surface area contributed by atoms with Crippen molar-refractivity contribution in [2.75, 3.05) is 34.0 Å². The summed E-state index contributed by atoms with van der Waals surface area (Å²) in [5.74, 6) is 1.83. The maximum absolute atomic E-state index is 5.68. The van der Waals surface area contributed by atoms with Crippen LogP contribution in [0.2, 0.25) is 0 Å². The van der Waals surface area contributed by atoms with E-state index in [0.717, 1.165) is 18.6 Å². The lowest BCUT2D eigenvalue weighted by atomic mass is 10.2. The Morgan fingerprint density at radius 2 is 1.63 bits per heavy atom. The number of hydrogen-bond donors (Lipinski definition) is 1. The van der Waals surface area contributed by atoms with E-state index < -0.39 is 0 Å². The summed E-state index contributed by atoms with van der Waals surface area (Å²) in [6.07, 6.45) is 0.998. The van der Waals surface area contributed by atoms with Crippen molar-refractivity contribution in [3.8, 4) is 17.2 Å². The quantitative estimate of drug-likeness (QED) is 0.694. The van der Waals surface area contributed by atoms with Crippen molar-refractivity contribution < 1.29 is 18.9 Å². The molecule has 0 saturated carbocycles. The largest absolute Gasteiger partial charge is 0.493 e. The number of hydrogen-bond acceptors (Lipinski definition) is 5. The Morgan fingerprint density at radius 3 is 2.11 bits per heavy atom. The molecule has 0 aliphatic carbocycles. The van der Waals surface area contributed by atoms with Crippen LogP contribution in [0.1, 0.15) is 18.9 Å². The summed E-state index contributed by atoms with van der Waals surface area (Å²) in [6.45, 7) is 4.22. The molecule has 0 saturated heterocycles. The smallest absolute Gasteiger partial charge is 0.203 e. The van der Waals surface area contributed by atoms with Crippen LogP contribution in [0, 0.1) is 0 Å². The van der Waals surface area contributed by atoms with Crippen molar-refractivity contribution in [1.82, 2.24) is 0 Å². The van der Waals surface area contributed by atoms with Crippen LogP contribution >= 0.6 is 0 Å². The van der Waals surface area contributed by atoms with Crippen LogP contribution in [-0.2, 0) is 11.3 Å². The van der Waals surface area contributed by atoms with Gasteiger partial charge in [0.1, 0.15) is 6.61 Å². The molecule has 0 bridgehead atoms. The van der Waals surface area contributed by atoms with Gasteiger partial charge in [0.15, 0.2) is 11.5 Å². The third kappa shape index (κ3) is 4.61. The first-order valence-corrected chi connectivity index (χ1v) is 6.42. The van der Waals surface area contributed by atoms with Crippen LogP contribution < -0.4 is 19.9 Å². The second-order valence-corrected chi connectivity index (χ2v) is 3.99. The number of rotatable bonds is 9. The Kier molecular flexibility index (Phi) is 7.07. The van der Waals surface area contributed by atoms with Gasteiger partial charge in [-0.05, 0) is 24.1 Å². The van der Waals surface area contributed by atoms with E-state index in [-0.39, 0.29) is 0 Å². The summed E-state index contributed by atoms with van der Waals surface area (Å²) < 4.78 is 21.7. The van der Waals surface area contributed by atoms with Crippen molar-refractivity contribution in [2.24, 2.45) is 5.73 Å². The highest BCUT2D eigenvalue weighted by atomic mass is 16.6. The number of methoxy groups -OCH3 is 2. The zero-order valence-electron chi connectivity index (χ0n) is 11.9. The summed E-state index contributed by atoms with van der Waals surface area (Å²) >= 11 is 0. The fraction of sp³-hybridized carbons (Fsp3) is 0.571. The Balaban J connectivity index is 2.73. The molecule has 0 amide bonds. The molecule has 0 atom stereocenters. The lowest BCUT2D eigenvalue weighted by molar-refractivity contribution is 0.0983. The van der Waals surface area contributed by atoms with Gasteiger partial charge in [0.25, 0.3) is 0 Å². The Labute approximate surface area is 114 Å². The predicted octanol–water partition coefficient (Wildman–Crippen LogP) is 1.97. The van der Waals surface area contributed by atoms with Gasteiger partial charge in [0, 0.05) is 13.2 Å². The predicted molar refractivity (Wildman–Crippen MR) is 74.0 cm³/mol. The molecule has 0 unspecified atom stereocenters. The van der Waals surface area contributed by atoms with Crippen LogP contribution in [0.25, 0.3) is 0 Å². The minimum atomic E-state index is 0.423. The highest BCUT2D eigenvalue weighted by molar-refractivity contribution is 5.53. The van der Waals surface area contributed by atoms with Crippen molar-refractivity contribution >= 4 is 0 Å². The van der Waals surface area contributed by atoms with E-state index in [2.05, 4.69) is 6.92 Å². The van der Waals surface area contributed by atoms with Gasteiger partial charge in [-0.25, -0.2) is 0 Å². The van der Waals surface area contributed by atoms with Crippen molar-refractivity contribution in [3.63, 3.8) is 0 Å². The average Bonchev–Trinajstić information content (AvgIpc) is 2.46. The molecule has 5 nitrogen and oxygen atoms in total. The molecule has 5 heteroatoms. The van der Waals surface area contributed by atoms with Gasteiger partial charge >= 0.3 is 0 Å². The molecule has 0 fully saturated rings. The second-order valence-electron chi connectivity index (χ2n) is 3.99. The van der Waals surface area contributed by atoms with Crippen LogP contribution in [0.3, 0.4) is 0 Å². The number of benzene rings is 1. The Hall–Kier alpha value is -1.46. The zero-order chi connectivity index (χ0) is 14.1. The van der Waals surface area contributed by atoms with Crippen LogP contribution in [0.15, 0.2) is 12.1 Å². The SMILES string of the molecule is CCCOCCOc1c(OC)cc(CN)cc1OC. The van der Waals surface area contributed by atoms with E-state index >= 15 is 0 Å². The minimum absolute atomic E-state index is 0.423. The summed E-state index contributed by atoms with van der Waals surface area (Å²) in [5.41, 5.74) is 6.56. The first-order chi connectivity index (χ1) is 9.26. The zero-order valence-corrected chi connectivity index (χ0v) is 11.9. The monoisotopic (exact) mass is 269 g/mol. The molecule has 0 aliphatic rings. The first kappa shape index (κ1) is 15.6. The molecule has 2 N–H and O–H groups in total. The number of ether oxygens (including phenoxy) is 4. The fourth-order valence-corrected chi connectivity index (χ4v) is 1.64. The summed E-state index contributed by atoms with van der Waals surface area (Å²) in [6, 6.07) is 3.70. The Morgan fingerprint density at radius 1 is 1.00 bits per heavy atom. The van der Waals surface area contributed by atoms with Crippen molar-refractivity contribution in [1.29, 1.82) is 0 Å². The van der Waals surface area contributed by atoms with Gasteiger partial charge < -0.3 is 24.7 Å². The third-order valence-electron chi connectivity index (χ3n) is 2.58. The molecule has 1 aromatic rings. The van der Waals surface area contributed by atoms with Gasteiger partial charge in [0.05, 0.1) is 20.8 Å². The van der Waals surface area contributed by atoms with E-state index in [4.69, 9.17) is 24.7 Å². The minimum Gasteiger partial charge on any atom is -0.493 e. The molecule has 1 rings (SSSR count). The molecule has 0 spiro atoms. The van der Waals surface area contributed by atoms with Crippen LogP contribution in [0.4, 0.5) is 0 Å². The molecular weight excluding hydrogens is 246 g/mol. The van der Waals surface area contributed by atoms with Crippen molar-refractivity contribution in [2.45, 2.75) is 19.9 Å². The fourth-order valence-electron chi connectivity index (χ4n) is 1.64. The molecule has 0 heterocycles. The topological polar surface area (TPSA) is 62.9 Å². The lowest BCUT2D eigenvalue weighted by Crippen LogP contribution is -2.09. The third-order valence-corrected chi connectivity index (χ3v) is 2.58. The van der Waals surface area contributed by atoms with Crippen molar-refractivity contribution in [3.05, 3.63) is 17.7 Å². The van der Waals surface area contributed by atoms with Gasteiger partial charge in [-0.2, -0.15) is 0 Å². The molecule has 0 aromatic heterocycles. The highest BCUT2D eigenvalue weighted by Gasteiger charge is 2.13. The van der Waals surface area contributed by atoms with Crippen LogP contribution in [0.5, 0.6) is 17.2 Å². The Bertz CT molecular complexity index is 357. The van der Waals surface area contributed by atoms with E-state index in [0.29, 0.717) is 37.0 Å². The lowest BCUT2D eigenvalue weighted by Gasteiger charge is -2.15. The highest BCUT2D eigenvalue weighted by Crippen LogP contribution is 2.38. The molecule has 1 aromatic carbocycles. The maximum Gasteiger partial charge on any atom is 0.203 e. The molecule has 0 radical (unpaired) electrons. The second kappa shape index (κ2) is 8.61. The van der Waals surface area contributed by atoms with E-state index in [9.17, 15) is 0 Å². The van der Waals surface area contributed by atoms with E-state index in [1.54, 1.807) is 14.2 Å². The molecule has 19 heavy (non-hydrogen) atoms. The molecule has 108 valence electrons. The van der Waals surface area contributed by atoms with E-state index in [1.165, 1.54) is 0 Å².